The molecule has 0 bridgehead atoms. The lowest BCUT2D eigenvalue weighted by atomic mass is 10.2. The number of aromatic nitrogens is 1. The first-order valence-corrected chi connectivity index (χ1v) is 9.65. The van der Waals surface area contributed by atoms with Crippen LogP contribution in [-0.2, 0) is 0 Å². The highest BCUT2D eigenvalue weighted by atomic mass is 35.5. The molecule has 0 aromatic carbocycles. The highest BCUT2D eigenvalue weighted by Crippen LogP contribution is 2.26. The van der Waals surface area contributed by atoms with Gasteiger partial charge in [-0.25, -0.2) is 9.78 Å². The van der Waals surface area contributed by atoms with Gasteiger partial charge in [0.25, 0.3) is 0 Å². The minimum atomic E-state index is 0.0635. The number of hydrogen-bond donors (Lipinski definition) is 1. The lowest BCUT2D eigenvalue weighted by Crippen LogP contribution is -2.46. The van der Waals surface area contributed by atoms with Gasteiger partial charge in [0.05, 0.1) is 5.02 Å². The third-order valence-corrected chi connectivity index (χ3v) is 5.63. The number of likely N-dealkylation sites (N-methyl/N-ethyl adjacent to an activating group) is 1. The van der Waals surface area contributed by atoms with Crippen LogP contribution in [0.4, 0.5) is 10.6 Å². The first-order valence-electron chi connectivity index (χ1n) is 9.27. The molecule has 7 heteroatoms. The minimum Gasteiger partial charge on any atom is -0.353 e. The van der Waals surface area contributed by atoms with Crippen LogP contribution in [0.3, 0.4) is 0 Å². The summed E-state index contributed by atoms with van der Waals surface area (Å²) in [7, 11) is 0. The van der Waals surface area contributed by atoms with Crippen molar-refractivity contribution in [3.05, 3.63) is 23.4 Å². The lowest BCUT2D eigenvalue weighted by Gasteiger charge is -2.26. The molecule has 0 saturated carbocycles. The molecule has 0 radical (unpaired) electrons. The van der Waals surface area contributed by atoms with Gasteiger partial charge >= 0.3 is 6.03 Å². The van der Waals surface area contributed by atoms with Crippen LogP contribution < -0.4 is 10.2 Å². The quantitative estimate of drug-likeness (QED) is 0.870. The van der Waals surface area contributed by atoms with Crippen molar-refractivity contribution in [3.63, 3.8) is 0 Å². The van der Waals surface area contributed by atoms with E-state index in [0.29, 0.717) is 11.1 Å². The maximum absolute atomic E-state index is 12.6. The van der Waals surface area contributed by atoms with Gasteiger partial charge in [0.2, 0.25) is 0 Å². The van der Waals surface area contributed by atoms with Crippen LogP contribution >= 0.6 is 11.6 Å². The fourth-order valence-electron chi connectivity index (χ4n) is 3.91. The Morgan fingerprint density at radius 3 is 2.84 bits per heavy atom. The molecule has 25 heavy (non-hydrogen) atoms. The Balaban J connectivity index is 1.50. The summed E-state index contributed by atoms with van der Waals surface area (Å²) in [5, 5.41) is 3.85. The van der Waals surface area contributed by atoms with Gasteiger partial charge in [-0.1, -0.05) is 25.4 Å². The standard InChI is InChI=1S/C18H28ClN5O/c1-3-22(4-2)15-8-11-24(13-15)18(25)21-14-7-10-23(12-14)17-16(19)6-5-9-20-17/h5-6,9,14-15H,3-4,7-8,10-13H2,1-2H3,(H,21,25). The molecule has 2 aliphatic rings. The van der Waals surface area contributed by atoms with Crippen molar-refractivity contribution in [1.29, 1.82) is 0 Å². The van der Waals surface area contributed by atoms with Gasteiger partial charge in [-0.15, -0.1) is 0 Å². The Labute approximate surface area is 155 Å². The predicted molar refractivity (Wildman–Crippen MR) is 101 cm³/mol. The zero-order chi connectivity index (χ0) is 17.8. The van der Waals surface area contributed by atoms with E-state index in [2.05, 4.69) is 33.9 Å². The number of nitrogens with one attached hydrogen (secondary N) is 1. The fourth-order valence-corrected chi connectivity index (χ4v) is 4.15. The van der Waals surface area contributed by atoms with E-state index in [1.165, 1.54) is 0 Å². The van der Waals surface area contributed by atoms with Crippen molar-refractivity contribution in [2.24, 2.45) is 0 Å². The maximum Gasteiger partial charge on any atom is 0.317 e. The molecular weight excluding hydrogens is 338 g/mol. The Morgan fingerprint density at radius 1 is 1.32 bits per heavy atom. The van der Waals surface area contributed by atoms with Crippen LogP contribution in [0.1, 0.15) is 26.7 Å². The van der Waals surface area contributed by atoms with E-state index >= 15 is 0 Å². The SMILES string of the molecule is CCN(CC)C1CCN(C(=O)NC2CCN(c3ncccc3Cl)C2)C1. The van der Waals surface area contributed by atoms with E-state index in [4.69, 9.17) is 11.6 Å². The molecule has 138 valence electrons. The van der Waals surface area contributed by atoms with Crippen LogP contribution in [-0.4, -0.2) is 72.2 Å². The van der Waals surface area contributed by atoms with E-state index in [1.807, 2.05) is 17.0 Å². The van der Waals surface area contributed by atoms with Crippen LogP contribution in [0.25, 0.3) is 0 Å². The van der Waals surface area contributed by atoms with Crippen molar-refractivity contribution in [2.75, 3.05) is 44.2 Å². The molecule has 2 saturated heterocycles. The number of rotatable bonds is 5. The lowest BCUT2D eigenvalue weighted by molar-refractivity contribution is 0.190. The number of pyridine rings is 1. The summed E-state index contributed by atoms with van der Waals surface area (Å²) in [4.78, 5) is 23.5. The van der Waals surface area contributed by atoms with E-state index in [-0.39, 0.29) is 12.1 Å². The molecule has 2 atom stereocenters. The van der Waals surface area contributed by atoms with Gasteiger partial charge in [0.15, 0.2) is 0 Å². The van der Waals surface area contributed by atoms with Crippen LogP contribution in [0, 0.1) is 0 Å². The third kappa shape index (κ3) is 4.18. The Kier molecular flexibility index (Phi) is 6.02. The molecule has 2 fully saturated rings. The van der Waals surface area contributed by atoms with Gasteiger partial charge in [-0.3, -0.25) is 4.90 Å². The van der Waals surface area contributed by atoms with Gasteiger partial charge in [-0.2, -0.15) is 0 Å². The molecule has 0 aliphatic carbocycles. The Morgan fingerprint density at radius 2 is 2.12 bits per heavy atom. The fraction of sp³-hybridized carbons (Fsp3) is 0.667. The van der Waals surface area contributed by atoms with Gasteiger partial charge in [0.1, 0.15) is 5.82 Å². The number of likely N-dealkylation sites (tertiary alicyclic amines) is 1. The largest absolute Gasteiger partial charge is 0.353 e. The van der Waals surface area contributed by atoms with Crippen molar-refractivity contribution in [3.8, 4) is 0 Å². The average Bonchev–Trinajstić information content (AvgIpc) is 3.26. The van der Waals surface area contributed by atoms with E-state index in [0.717, 1.165) is 57.9 Å². The molecule has 2 unspecified atom stereocenters. The number of hydrogen-bond acceptors (Lipinski definition) is 4. The van der Waals surface area contributed by atoms with Gasteiger partial charge in [0, 0.05) is 44.5 Å². The summed E-state index contributed by atoms with van der Waals surface area (Å²) in [6, 6.07) is 4.40. The van der Waals surface area contributed by atoms with Crippen LogP contribution in [0.2, 0.25) is 5.02 Å². The minimum absolute atomic E-state index is 0.0635. The zero-order valence-corrected chi connectivity index (χ0v) is 15.9. The number of carbonyl (C=O) groups is 1. The summed E-state index contributed by atoms with van der Waals surface area (Å²) in [6.45, 7) is 9.74. The second kappa shape index (κ2) is 8.23. The normalized spacial score (nSPS) is 23.5. The van der Waals surface area contributed by atoms with E-state index in [9.17, 15) is 4.79 Å². The van der Waals surface area contributed by atoms with Crippen molar-refractivity contribution < 1.29 is 4.79 Å². The summed E-state index contributed by atoms with van der Waals surface area (Å²) in [6.07, 6.45) is 3.74. The molecule has 6 nitrogen and oxygen atoms in total. The Bertz CT molecular complexity index is 595. The smallest absolute Gasteiger partial charge is 0.317 e. The second-order valence-electron chi connectivity index (χ2n) is 6.80. The van der Waals surface area contributed by atoms with E-state index in [1.54, 1.807) is 6.20 Å². The second-order valence-corrected chi connectivity index (χ2v) is 7.21. The molecule has 1 N–H and O–H groups in total. The molecule has 2 aliphatic heterocycles. The molecule has 3 rings (SSSR count). The number of urea groups is 1. The maximum atomic E-state index is 12.6. The van der Waals surface area contributed by atoms with Crippen molar-refractivity contribution >= 4 is 23.4 Å². The third-order valence-electron chi connectivity index (χ3n) is 5.33. The monoisotopic (exact) mass is 365 g/mol. The van der Waals surface area contributed by atoms with E-state index < -0.39 is 0 Å². The number of carbonyl (C=O) groups excluding carboxylic acids is 1. The average molecular weight is 366 g/mol. The Hall–Kier alpha value is -1.53. The van der Waals surface area contributed by atoms with Crippen molar-refractivity contribution in [2.45, 2.75) is 38.8 Å². The summed E-state index contributed by atoms with van der Waals surface area (Å²) < 4.78 is 0. The molecule has 2 amide bonds. The first-order chi connectivity index (χ1) is 12.1. The van der Waals surface area contributed by atoms with Crippen LogP contribution in [0.15, 0.2) is 18.3 Å². The number of amides is 2. The molecule has 1 aromatic heterocycles. The molecular formula is C18H28ClN5O. The number of anilines is 1. The number of halogens is 1. The highest BCUT2D eigenvalue weighted by Gasteiger charge is 2.32. The topological polar surface area (TPSA) is 51.7 Å². The summed E-state index contributed by atoms with van der Waals surface area (Å²) in [5.41, 5.74) is 0. The first kappa shape index (κ1) is 18.3. The molecule has 1 aromatic rings. The highest BCUT2D eigenvalue weighted by molar-refractivity contribution is 6.32. The molecule has 0 spiro atoms. The summed E-state index contributed by atoms with van der Waals surface area (Å²) in [5.74, 6) is 0.809. The van der Waals surface area contributed by atoms with Gasteiger partial charge < -0.3 is 15.1 Å². The van der Waals surface area contributed by atoms with Gasteiger partial charge in [-0.05, 0) is 38.1 Å². The summed E-state index contributed by atoms with van der Waals surface area (Å²) >= 11 is 6.23. The van der Waals surface area contributed by atoms with Crippen molar-refractivity contribution in [1.82, 2.24) is 20.1 Å². The van der Waals surface area contributed by atoms with Crippen LogP contribution in [0.5, 0.6) is 0 Å². The number of nitrogens with zero attached hydrogens (tertiary/aromatic N) is 4. The molecule has 3 heterocycles. The zero-order valence-electron chi connectivity index (χ0n) is 15.1. The predicted octanol–water partition coefficient (Wildman–Crippen LogP) is 2.44.